The van der Waals surface area contributed by atoms with Crippen molar-refractivity contribution in [2.75, 3.05) is 0 Å². The van der Waals surface area contributed by atoms with Gasteiger partial charge in [0.2, 0.25) is 0 Å². The highest BCUT2D eigenvalue weighted by Gasteiger charge is 2.02. The highest BCUT2D eigenvalue weighted by atomic mass is 32.1. The number of ketones is 1. The van der Waals surface area contributed by atoms with Gasteiger partial charge in [0.15, 0.2) is 5.78 Å². The maximum absolute atomic E-state index is 10.7. The number of benzene rings is 1. The van der Waals surface area contributed by atoms with Crippen molar-refractivity contribution >= 4 is 17.1 Å². The van der Waals surface area contributed by atoms with Crippen LogP contribution >= 0.6 is 11.3 Å². The van der Waals surface area contributed by atoms with Crippen molar-refractivity contribution in [2.45, 2.75) is 6.92 Å². The summed E-state index contributed by atoms with van der Waals surface area (Å²) in [4.78, 5) is 10.7. The summed E-state index contributed by atoms with van der Waals surface area (Å²) in [7, 11) is 0. The minimum Gasteiger partial charge on any atom is -0.507 e. The molecule has 0 aliphatic rings. The molecule has 0 aliphatic carbocycles. The van der Waals surface area contributed by atoms with E-state index in [9.17, 15) is 4.79 Å². The highest BCUT2D eigenvalue weighted by Crippen LogP contribution is 2.15. The molecule has 0 saturated carbocycles. The van der Waals surface area contributed by atoms with Crippen molar-refractivity contribution in [2.24, 2.45) is 0 Å². The van der Waals surface area contributed by atoms with Crippen LogP contribution in [-0.4, -0.2) is 10.9 Å². The van der Waals surface area contributed by atoms with Gasteiger partial charge in [0.05, 0.1) is 5.56 Å². The number of hydrogen-bond acceptors (Lipinski definition) is 3. The molecule has 2 rings (SSSR count). The van der Waals surface area contributed by atoms with E-state index in [4.69, 9.17) is 5.11 Å². The van der Waals surface area contributed by atoms with Crippen LogP contribution in [0.3, 0.4) is 0 Å². The zero-order valence-electron chi connectivity index (χ0n) is 8.38. The van der Waals surface area contributed by atoms with Crippen LogP contribution in [-0.2, 0) is 0 Å². The fourth-order valence-corrected chi connectivity index (χ4v) is 1.45. The topological polar surface area (TPSA) is 37.3 Å². The molecule has 0 atom stereocenters. The summed E-state index contributed by atoms with van der Waals surface area (Å²) in [5, 5.41) is 13.1. The lowest BCUT2D eigenvalue weighted by Crippen LogP contribution is -1.90. The first kappa shape index (κ1) is 11.5. The first-order valence-corrected chi connectivity index (χ1v) is 5.42. The predicted molar refractivity (Wildman–Crippen MR) is 62.4 cm³/mol. The molecular weight excluding hydrogens is 208 g/mol. The molecule has 0 unspecified atom stereocenters. The molecule has 1 N–H and O–H groups in total. The number of phenols is 1. The fourth-order valence-electron chi connectivity index (χ4n) is 0.998. The lowest BCUT2D eigenvalue weighted by Gasteiger charge is -1.96. The smallest absolute Gasteiger partial charge is 0.163 e. The van der Waals surface area contributed by atoms with Crippen LogP contribution in [0.25, 0.3) is 0 Å². The van der Waals surface area contributed by atoms with Gasteiger partial charge in [-0.3, -0.25) is 4.79 Å². The fraction of sp³-hybridized carbons (Fsp3) is 0.0833. The Labute approximate surface area is 92.8 Å². The molecule has 78 valence electrons. The van der Waals surface area contributed by atoms with Crippen molar-refractivity contribution in [3.05, 3.63) is 52.7 Å². The first-order chi connectivity index (χ1) is 7.22. The average Bonchev–Trinajstić information content (AvgIpc) is 2.75. The van der Waals surface area contributed by atoms with Crippen LogP contribution in [0.5, 0.6) is 5.75 Å². The van der Waals surface area contributed by atoms with Crippen molar-refractivity contribution in [1.29, 1.82) is 0 Å². The molecule has 0 fully saturated rings. The Hall–Kier alpha value is -1.61. The van der Waals surface area contributed by atoms with Gasteiger partial charge in [-0.15, -0.1) is 0 Å². The molecule has 1 aromatic carbocycles. The number of Topliss-reactive ketones (excluding diaryl/α,β-unsaturated/α-hetero) is 1. The first-order valence-electron chi connectivity index (χ1n) is 4.48. The number of aromatic hydroxyl groups is 1. The van der Waals surface area contributed by atoms with Crippen LogP contribution in [0.15, 0.2) is 47.2 Å². The number of rotatable bonds is 1. The van der Waals surface area contributed by atoms with E-state index in [1.54, 1.807) is 29.5 Å². The Morgan fingerprint density at radius 2 is 1.73 bits per heavy atom. The maximum Gasteiger partial charge on any atom is 0.163 e. The number of carbonyl (C=O) groups excluding carboxylic acids is 1. The van der Waals surface area contributed by atoms with Crippen LogP contribution in [0.1, 0.15) is 17.3 Å². The molecule has 0 aliphatic heterocycles. The third kappa shape index (κ3) is 3.95. The number of carbonyl (C=O) groups is 1. The second-order valence-electron chi connectivity index (χ2n) is 2.87. The Balaban J connectivity index is 0.000000187. The predicted octanol–water partition coefficient (Wildman–Crippen LogP) is 3.34. The zero-order valence-corrected chi connectivity index (χ0v) is 9.20. The number of phenolic OH excluding ortho intramolecular Hbond substituents is 1. The molecular formula is C12H12O2S. The van der Waals surface area contributed by atoms with E-state index >= 15 is 0 Å². The van der Waals surface area contributed by atoms with Gasteiger partial charge in [-0.05, 0) is 29.8 Å². The minimum absolute atomic E-state index is 0.0509. The molecule has 0 spiro atoms. The molecule has 0 radical (unpaired) electrons. The molecule has 15 heavy (non-hydrogen) atoms. The van der Waals surface area contributed by atoms with Gasteiger partial charge in [0.1, 0.15) is 5.75 Å². The van der Waals surface area contributed by atoms with Gasteiger partial charge in [-0.25, -0.2) is 0 Å². The summed E-state index contributed by atoms with van der Waals surface area (Å²) in [5.74, 6) is -0.0619. The van der Waals surface area contributed by atoms with Crippen LogP contribution in [0, 0.1) is 0 Å². The largest absolute Gasteiger partial charge is 0.507 e. The summed E-state index contributed by atoms with van der Waals surface area (Å²) < 4.78 is 0. The van der Waals surface area contributed by atoms with Crippen LogP contribution in [0.4, 0.5) is 0 Å². The second-order valence-corrected chi connectivity index (χ2v) is 3.68. The third-order valence-electron chi connectivity index (χ3n) is 1.71. The van der Waals surface area contributed by atoms with Gasteiger partial charge in [-0.2, -0.15) is 11.3 Å². The number of para-hydroxylation sites is 1. The van der Waals surface area contributed by atoms with E-state index in [1.807, 2.05) is 22.9 Å². The summed E-state index contributed by atoms with van der Waals surface area (Å²) in [6.07, 6.45) is 0. The highest BCUT2D eigenvalue weighted by molar-refractivity contribution is 7.07. The molecule has 1 heterocycles. The van der Waals surface area contributed by atoms with E-state index in [0.29, 0.717) is 5.56 Å². The van der Waals surface area contributed by atoms with Gasteiger partial charge in [0.25, 0.3) is 0 Å². The zero-order chi connectivity index (χ0) is 11.1. The summed E-state index contributed by atoms with van der Waals surface area (Å²) in [5.41, 5.74) is 0.377. The van der Waals surface area contributed by atoms with Crippen LogP contribution < -0.4 is 0 Å². The van der Waals surface area contributed by atoms with Crippen molar-refractivity contribution in [3.63, 3.8) is 0 Å². The van der Waals surface area contributed by atoms with E-state index in [-0.39, 0.29) is 11.5 Å². The standard InChI is InChI=1S/C8H8O2.C4H4S/c1-6(9)7-4-2-3-5-8(7)10;1-2-4-5-3-1/h2-5,10H,1H3;1-4H. The molecule has 0 bridgehead atoms. The van der Waals surface area contributed by atoms with E-state index in [2.05, 4.69) is 0 Å². The number of thiophene rings is 1. The Kier molecular flexibility index (Phi) is 4.57. The maximum atomic E-state index is 10.7. The SMILES string of the molecule is CC(=O)c1ccccc1O.c1ccsc1. The average molecular weight is 220 g/mol. The van der Waals surface area contributed by atoms with Crippen molar-refractivity contribution in [3.8, 4) is 5.75 Å². The summed E-state index contributed by atoms with van der Waals surface area (Å²) in [6.45, 7) is 1.43. The van der Waals surface area contributed by atoms with Crippen molar-refractivity contribution in [1.82, 2.24) is 0 Å². The summed E-state index contributed by atoms with van der Waals surface area (Å²) >= 11 is 1.71. The molecule has 3 heteroatoms. The normalized spacial score (nSPS) is 8.87. The van der Waals surface area contributed by atoms with Gasteiger partial charge in [0, 0.05) is 0 Å². The van der Waals surface area contributed by atoms with Crippen molar-refractivity contribution < 1.29 is 9.90 Å². The van der Waals surface area contributed by atoms with Crippen LogP contribution in [0.2, 0.25) is 0 Å². The van der Waals surface area contributed by atoms with E-state index in [0.717, 1.165) is 0 Å². The summed E-state index contributed by atoms with van der Waals surface area (Å²) in [6, 6.07) is 10.5. The molecule has 2 nitrogen and oxygen atoms in total. The Bertz CT molecular complexity index is 390. The second kappa shape index (κ2) is 5.98. The Morgan fingerprint density at radius 3 is 2.07 bits per heavy atom. The van der Waals surface area contributed by atoms with E-state index in [1.165, 1.54) is 13.0 Å². The number of hydrogen-bond donors (Lipinski definition) is 1. The van der Waals surface area contributed by atoms with Gasteiger partial charge < -0.3 is 5.11 Å². The Morgan fingerprint density at radius 1 is 1.13 bits per heavy atom. The quantitative estimate of drug-likeness (QED) is 0.748. The molecule has 0 saturated heterocycles. The van der Waals surface area contributed by atoms with E-state index < -0.39 is 0 Å². The molecule has 1 aromatic heterocycles. The lowest BCUT2D eigenvalue weighted by atomic mass is 10.1. The van der Waals surface area contributed by atoms with Gasteiger partial charge in [-0.1, -0.05) is 24.3 Å². The minimum atomic E-state index is -0.113. The third-order valence-corrected chi connectivity index (χ3v) is 2.34. The monoisotopic (exact) mass is 220 g/mol. The molecule has 0 amide bonds. The van der Waals surface area contributed by atoms with Gasteiger partial charge >= 0.3 is 0 Å². The lowest BCUT2D eigenvalue weighted by molar-refractivity contribution is 0.101. The molecule has 2 aromatic rings.